The molecule has 0 aromatic heterocycles. The summed E-state index contributed by atoms with van der Waals surface area (Å²) in [6, 6.07) is 0. The van der Waals surface area contributed by atoms with E-state index in [-0.39, 0.29) is 5.78 Å². The zero-order chi connectivity index (χ0) is 10.4. The number of carbonyl (C=O) groups excluding carboxylic acids is 1. The van der Waals surface area contributed by atoms with E-state index in [1.54, 1.807) is 0 Å². The molecule has 2 aliphatic rings. The van der Waals surface area contributed by atoms with Crippen molar-refractivity contribution in [1.82, 2.24) is 0 Å². The second-order valence-corrected chi connectivity index (χ2v) is 5.13. The molecule has 0 radical (unpaired) electrons. The molecular weight excluding hydrogens is 200 g/mol. The lowest BCUT2D eigenvalue weighted by molar-refractivity contribution is -0.156. The predicted molar refractivity (Wildman–Crippen MR) is 55.1 cm³/mol. The molecule has 2 nitrogen and oxygen atoms in total. The third-order valence-corrected chi connectivity index (χ3v) is 4.00. The fourth-order valence-corrected chi connectivity index (χ4v) is 3.02. The molecule has 0 amide bonds. The maximum atomic E-state index is 11.7. The Kier molecular flexibility index (Phi) is 2.24. The van der Waals surface area contributed by atoms with Crippen LogP contribution in [0.3, 0.4) is 0 Å². The van der Waals surface area contributed by atoms with Crippen LogP contribution in [0, 0.1) is 5.41 Å². The molecule has 0 unspecified atom stereocenters. The fourth-order valence-electron chi connectivity index (χ4n) is 2.68. The number of allylic oxidation sites excluding steroid dienone is 1. The second kappa shape index (κ2) is 3.07. The number of halogens is 1. The van der Waals surface area contributed by atoms with Crippen molar-refractivity contribution in [2.75, 3.05) is 0 Å². The van der Waals surface area contributed by atoms with Crippen LogP contribution in [0.15, 0.2) is 11.1 Å². The van der Waals surface area contributed by atoms with Gasteiger partial charge in [-0.25, -0.2) is 0 Å². The third kappa shape index (κ3) is 1.24. The molecule has 0 bridgehead atoms. The first-order valence-corrected chi connectivity index (χ1v) is 5.49. The van der Waals surface area contributed by atoms with E-state index in [0.717, 1.165) is 17.9 Å². The topological polar surface area (TPSA) is 37.3 Å². The lowest BCUT2D eigenvalue weighted by Crippen LogP contribution is -2.55. The van der Waals surface area contributed by atoms with E-state index in [1.165, 1.54) is 0 Å². The summed E-state index contributed by atoms with van der Waals surface area (Å²) in [5.41, 5.74) is -1.58. The molecule has 78 valence electrons. The van der Waals surface area contributed by atoms with Gasteiger partial charge in [0.25, 0.3) is 0 Å². The highest BCUT2D eigenvalue weighted by molar-refractivity contribution is 6.29. The average molecular weight is 215 g/mol. The number of hydrogen-bond acceptors (Lipinski definition) is 2. The van der Waals surface area contributed by atoms with Crippen LogP contribution in [0.1, 0.15) is 39.0 Å². The smallest absolute Gasteiger partial charge is 0.165 e. The summed E-state index contributed by atoms with van der Waals surface area (Å²) in [6.07, 6.45) is 5.22. The van der Waals surface area contributed by atoms with Crippen LogP contribution >= 0.6 is 11.6 Å². The molecule has 2 aliphatic carbocycles. The van der Waals surface area contributed by atoms with E-state index in [2.05, 4.69) is 0 Å². The molecule has 1 fully saturated rings. The van der Waals surface area contributed by atoms with E-state index in [4.69, 9.17) is 11.6 Å². The Morgan fingerprint density at radius 3 is 2.86 bits per heavy atom. The highest BCUT2D eigenvalue weighted by atomic mass is 35.5. The van der Waals surface area contributed by atoms with Gasteiger partial charge >= 0.3 is 0 Å². The molecule has 0 saturated heterocycles. The van der Waals surface area contributed by atoms with Crippen molar-refractivity contribution >= 4 is 17.4 Å². The molecule has 2 atom stereocenters. The monoisotopic (exact) mass is 214 g/mol. The molecule has 0 aliphatic heterocycles. The van der Waals surface area contributed by atoms with E-state index < -0.39 is 11.0 Å². The van der Waals surface area contributed by atoms with Crippen molar-refractivity contribution in [1.29, 1.82) is 0 Å². The average Bonchev–Trinajstić information content (AvgIpc) is 2.10. The van der Waals surface area contributed by atoms with Crippen molar-refractivity contribution in [3.63, 3.8) is 0 Å². The molecule has 1 saturated carbocycles. The van der Waals surface area contributed by atoms with Crippen molar-refractivity contribution < 1.29 is 9.90 Å². The number of ketones is 1. The van der Waals surface area contributed by atoms with E-state index >= 15 is 0 Å². The van der Waals surface area contributed by atoms with Gasteiger partial charge in [-0.1, -0.05) is 24.6 Å². The largest absolute Gasteiger partial charge is 0.381 e. The van der Waals surface area contributed by atoms with Gasteiger partial charge in [0.15, 0.2) is 5.78 Å². The Hall–Kier alpha value is -0.340. The van der Waals surface area contributed by atoms with Crippen molar-refractivity contribution in [2.24, 2.45) is 5.41 Å². The van der Waals surface area contributed by atoms with Gasteiger partial charge in [0.05, 0.1) is 0 Å². The molecule has 2 rings (SSSR count). The zero-order valence-corrected chi connectivity index (χ0v) is 9.10. The Morgan fingerprint density at radius 2 is 2.14 bits per heavy atom. The van der Waals surface area contributed by atoms with E-state index in [1.807, 2.05) is 13.0 Å². The number of carbonyl (C=O) groups is 1. The van der Waals surface area contributed by atoms with Gasteiger partial charge in [0.2, 0.25) is 0 Å². The Balaban J connectivity index is 2.44. The third-order valence-electron chi connectivity index (χ3n) is 3.71. The molecule has 14 heavy (non-hydrogen) atoms. The molecule has 1 N–H and O–H groups in total. The van der Waals surface area contributed by atoms with E-state index in [9.17, 15) is 9.90 Å². The fraction of sp³-hybridized carbons (Fsp3) is 0.727. The standard InChI is InChI=1S/C11H15ClO2/c1-10-5-2-3-9(13)11(10,14)6-4-8(12)7-10/h7,14H,2-6H2,1H3/t10-,11+/m0/s1. The summed E-state index contributed by atoms with van der Waals surface area (Å²) >= 11 is 5.97. The van der Waals surface area contributed by atoms with Crippen molar-refractivity contribution in [3.8, 4) is 0 Å². The van der Waals surface area contributed by atoms with Gasteiger partial charge in [-0.2, -0.15) is 0 Å². The highest BCUT2D eigenvalue weighted by Crippen LogP contribution is 2.50. The van der Waals surface area contributed by atoms with Crippen LogP contribution in [-0.2, 0) is 4.79 Å². The number of Topliss-reactive ketones (excluding diaryl/α,β-unsaturated/α-hetero) is 1. The van der Waals surface area contributed by atoms with Gasteiger partial charge < -0.3 is 5.11 Å². The van der Waals surface area contributed by atoms with Crippen LogP contribution in [0.2, 0.25) is 0 Å². The minimum Gasteiger partial charge on any atom is -0.381 e. The van der Waals surface area contributed by atoms with Crippen LogP contribution in [-0.4, -0.2) is 16.5 Å². The van der Waals surface area contributed by atoms with Crippen molar-refractivity contribution in [3.05, 3.63) is 11.1 Å². The SMILES string of the molecule is C[C@]12C=C(Cl)CC[C@@]1(O)C(=O)CCC2. The number of hydrogen-bond donors (Lipinski definition) is 1. The van der Waals surface area contributed by atoms with E-state index in [0.29, 0.717) is 19.3 Å². The van der Waals surface area contributed by atoms with Crippen LogP contribution in [0.5, 0.6) is 0 Å². The highest BCUT2D eigenvalue weighted by Gasteiger charge is 2.54. The zero-order valence-electron chi connectivity index (χ0n) is 8.35. The normalized spacial score (nSPS) is 43.1. The second-order valence-electron chi connectivity index (χ2n) is 4.65. The molecule has 0 spiro atoms. The molecule has 0 heterocycles. The van der Waals surface area contributed by atoms with Gasteiger partial charge in [-0.05, 0) is 25.7 Å². The lowest BCUT2D eigenvalue weighted by atomic mass is 9.60. The van der Waals surface area contributed by atoms with Gasteiger partial charge in [-0.3, -0.25) is 4.79 Å². The quantitative estimate of drug-likeness (QED) is 0.673. The number of aliphatic hydroxyl groups is 1. The van der Waals surface area contributed by atoms with Crippen molar-refractivity contribution in [2.45, 2.75) is 44.6 Å². The minimum atomic E-state index is -1.15. The Bertz CT molecular complexity index is 310. The summed E-state index contributed by atoms with van der Waals surface area (Å²) in [4.78, 5) is 11.7. The number of fused-ring (bicyclic) bond motifs is 1. The number of rotatable bonds is 0. The summed E-state index contributed by atoms with van der Waals surface area (Å²) in [5.74, 6) is -0.00772. The van der Waals surface area contributed by atoms with Gasteiger partial charge in [0.1, 0.15) is 5.60 Å². The maximum Gasteiger partial charge on any atom is 0.165 e. The first kappa shape index (κ1) is 10.2. The van der Waals surface area contributed by atoms with Crippen LogP contribution < -0.4 is 0 Å². The molecule has 0 aromatic carbocycles. The lowest BCUT2D eigenvalue weighted by Gasteiger charge is -2.48. The summed E-state index contributed by atoms with van der Waals surface area (Å²) in [6.45, 7) is 1.94. The van der Waals surface area contributed by atoms with Crippen LogP contribution in [0.4, 0.5) is 0 Å². The summed E-state index contributed by atoms with van der Waals surface area (Å²) in [7, 11) is 0. The Morgan fingerprint density at radius 1 is 1.43 bits per heavy atom. The molecule has 0 aromatic rings. The summed E-state index contributed by atoms with van der Waals surface area (Å²) in [5, 5.41) is 11.2. The maximum absolute atomic E-state index is 11.7. The first-order chi connectivity index (χ1) is 6.48. The first-order valence-electron chi connectivity index (χ1n) is 5.11. The predicted octanol–water partition coefficient (Wildman–Crippen LogP) is 2.39. The van der Waals surface area contributed by atoms with Gasteiger partial charge in [0, 0.05) is 16.9 Å². The molecular formula is C11H15ClO2. The van der Waals surface area contributed by atoms with Gasteiger partial charge in [-0.15, -0.1) is 0 Å². The molecule has 3 heteroatoms. The Labute approximate surface area is 88.9 Å². The summed E-state index contributed by atoms with van der Waals surface area (Å²) < 4.78 is 0. The van der Waals surface area contributed by atoms with Crippen LogP contribution in [0.25, 0.3) is 0 Å². The minimum absolute atomic E-state index is 0.00772.